The van der Waals surface area contributed by atoms with Crippen LogP contribution in [0.15, 0.2) is 4.47 Å². The second kappa shape index (κ2) is 4.59. The van der Waals surface area contributed by atoms with Gasteiger partial charge in [-0.3, -0.25) is 9.48 Å². The SMILES string of the molecule is CCCc1nn(C)c(CC(=O)O)c1Br. The van der Waals surface area contributed by atoms with E-state index >= 15 is 0 Å². The monoisotopic (exact) mass is 260 g/mol. The van der Waals surface area contributed by atoms with Crippen molar-refractivity contribution in [1.82, 2.24) is 9.78 Å². The molecule has 0 amide bonds. The Morgan fingerprint density at radius 1 is 1.64 bits per heavy atom. The normalized spacial score (nSPS) is 10.5. The minimum absolute atomic E-state index is 0.00774. The van der Waals surface area contributed by atoms with E-state index in [2.05, 4.69) is 28.0 Å². The number of carboxylic acid groups (broad SMARTS) is 1. The van der Waals surface area contributed by atoms with Gasteiger partial charge in [-0.15, -0.1) is 0 Å². The lowest BCUT2D eigenvalue weighted by molar-refractivity contribution is -0.136. The zero-order chi connectivity index (χ0) is 10.7. The van der Waals surface area contributed by atoms with Crippen LogP contribution in [0.5, 0.6) is 0 Å². The zero-order valence-electron chi connectivity index (χ0n) is 8.25. The summed E-state index contributed by atoms with van der Waals surface area (Å²) in [6.07, 6.45) is 1.88. The van der Waals surface area contributed by atoms with E-state index in [-0.39, 0.29) is 6.42 Å². The van der Waals surface area contributed by atoms with E-state index in [4.69, 9.17) is 5.11 Å². The molecule has 1 aromatic rings. The van der Waals surface area contributed by atoms with E-state index in [9.17, 15) is 4.79 Å². The number of nitrogens with zero attached hydrogens (tertiary/aromatic N) is 2. The summed E-state index contributed by atoms with van der Waals surface area (Å²) in [5, 5.41) is 13.0. The van der Waals surface area contributed by atoms with Gasteiger partial charge >= 0.3 is 5.97 Å². The molecule has 14 heavy (non-hydrogen) atoms. The molecule has 0 fully saturated rings. The fraction of sp³-hybridized carbons (Fsp3) is 0.556. The summed E-state index contributed by atoms with van der Waals surface area (Å²) in [5.74, 6) is -0.836. The van der Waals surface area contributed by atoms with Crippen molar-refractivity contribution in [2.75, 3.05) is 0 Å². The van der Waals surface area contributed by atoms with Crippen LogP contribution in [0.3, 0.4) is 0 Å². The van der Waals surface area contributed by atoms with Crippen molar-refractivity contribution in [3.63, 3.8) is 0 Å². The molecule has 5 heteroatoms. The summed E-state index contributed by atoms with van der Waals surface area (Å²) in [7, 11) is 1.77. The van der Waals surface area contributed by atoms with E-state index in [0.717, 1.165) is 28.7 Å². The lowest BCUT2D eigenvalue weighted by Crippen LogP contribution is -2.06. The van der Waals surface area contributed by atoms with Crippen molar-refractivity contribution in [2.24, 2.45) is 7.05 Å². The molecular formula is C9H13BrN2O2. The summed E-state index contributed by atoms with van der Waals surface area (Å²) in [5.41, 5.74) is 1.66. The van der Waals surface area contributed by atoms with Gasteiger partial charge in [0, 0.05) is 7.05 Å². The summed E-state index contributed by atoms with van der Waals surface area (Å²) in [6, 6.07) is 0. The fourth-order valence-corrected chi connectivity index (χ4v) is 2.00. The van der Waals surface area contributed by atoms with Gasteiger partial charge in [0.2, 0.25) is 0 Å². The van der Waals surface area contributed by atoms with Crippen molar-refractivity contribution in [3.05, 3.63) is 15.9 Å². The van der Waals surface area contributed by atoms with Crippen LogP contribution in [0.1, 0.15) is 24.7 Å². The average molecular weight is 261 g/mol. The molecule has 1 rings (SSSR count). The first-order valence-corrected chi connectivity index (χ1v) is 5.27. The van der Waals surface area contributed by atoms with Crippen LogP contribution in [0.2, 0.25) is 0 Å². The van der Waals surface area contributed by atoms with Gasteiger partial charge in [-0.05, 0) is 22.4 Å². The van der Waals surface area contributed by atoms with Crippen LogP contribution in [-0.2, 0) is 24.7 Å². The fourth-order valence-electron chi connectivity index (χ4n) is 1.33. The van der Waals surface area contributed by atoms with Crippen molar-refractivity contribution in [1.29, 1.82) is 0 Å². The summed E-state index contributed by atoms with van der Waals surface area (Å²) >= 11 is 3.38. The lowest BCUT2D eigenvalue weighted by Gasteiger charge is -1.97. The standard InChI is InChI=1S/C9H13BrN2O2/c1-3-4-6-9(10)7(5-8(13)14)12(2)11-6/h3-5H2,1-2H3,(H,13,14). The Labute approximate surface area is 91.1 Å². The molecule has 0 aliphatic rings. The van der Waals surface area contributed by atoms with Gasteiger partial charge in [0.05, 0.1) is 22.3 Å². The third-order valence-electron chi connectivity index (χ3n) is 1.97. The molecule has 0 aromatic carbocycles. The number of hydrogen-bond acceptors (Lipinski definition) is 2. The molecule has 1 aromatic heterocycles. The molecule has 0 bridgehead atoms. The summed E-state index contributed by atoms with van der Waals surface area (Å²) in [4.78, 5) is 10.6. The highest BCUT2D eigenvalue weighted by Crippen LogP contribution is 2.22. The summed E-state index contributed by atoms with van der Waals surface area (Å²) in [6.45, 7) is 2.07. The van der Waals surface area contributed by atoms with E-state index in [1.807, 2.05) is 0 Å². The highest BCUT2D eigenvalue weighted by Gasteiger charge is 2.15. The Morgan fingerprint density at radius 3 is 2.79 bits per heavy atom. The molecule has 4 nitrogen and oxygen atoms in total. The molecule has 0 radical (unpaired) electrons. The first kappa shape index (κ1) is 11.2. The Bertz CT molecular complexity index is 347. The molecule has 0 aliphatic carbocycles. The van der Waals surface area contributed by atoms with E-state index < -0.39 is 5.97 Å². The Morgan fingerprint density at radius 2 is 2.29 bits per heavy atom. The highest BCUT2D eigenvalue weighted by atomic mass is 79.9. The minimum atomic E-state index is -0.836. The first-order valence-electron chi connectivity index (χ1n) is 4.48. The van der Waals surface area contributed by atoms with Crippen molar-refractivity contribution in [3.8, 4) is 0 Å². The van der Waals surface area contributed by atoms with Crippen LogP contribution >= 0.6 is 15.9 Å². The quantitative estimate of drug-likeness (QED) is 0.898. The minimum Gasteiger partial charge on any atom is -0.481 e. The maximum atomic E-state index is 10.6. The molecule has 0 spiro atoms. The molecular weight excluding hydrogens is 248 g/mol. The maximum Gasteiger partial charge on any atom is 0.309 e. The van der Waals surface area contributed by atoms with Crippen molar-refractivity contribution < 1.29 is 9.90 Å². The topological polar surface area (TPSA) is 55.1 Å². The average Bonchev–Trinajstić information content (AvgIpc) is 2.33. The number of hydrogen-bond donors (Lipinski definition) is 1. The van der Waals surface area contributed by atoms with Gasteiger partial charge in [-0.2, -0.15) is 5.10 Å². The highest BCUT2D eigenvalue weighted by molar-refractivity contribution is 9.10. The zero-order valence-corrected chi connectivity index (χ0v) is 9.84. The third-order valence-corrected chi connectivity index (χ3v) is 2.89. The first-order chi connectivity index (χ1) is 6.56. The van der Waals surface area contributed by atoms with Gasteiger partial charge in [0.1, 0.15) is 0 Å². The van der Waals surface area contributed by atoms with Crippen molar-refractivity contribution >= 4 is 21.9 Å². The Kier molecular flexibility index (Phi) is 3.69. The Hall–Kier alpha value is -0.840. The summed E-state index contributed by atoms with van der Waals surface area (Å²) < 4.78 is 2.47. The largest absolute Gasteiger partial charge is 0.481 e. The second-order valence-corrected chi connectivity index (χ2v) is 3.94. The van der Waals surface area contributed by atoms with E-state index in [1.165, 1.54) is 0 Å². The molecule has 0 unspecified atom stereocenters. The number of halogens is 1. The molecule has 0 atom stereocenters. The van der Waals surface area contributed by atoms with Crippen molar-refractivity contribution in [2.45, 2.75) is 26.2 Å². The molecule has 78 valence electrons. The molecule has 0 saturated heterocycles. The van der Waals surface area contributed by atoms with Crippen LogP contribution in [0.25, 0.3) is 0 Å². The van der Waals surface area contributed by atoms with Gasteiger partial charge in [0.15, 0.2) is 0 Å². The number of rotatable bonds is 4. The lowest BCUT2D eigenvalue weighted by atomic mass is 10.2. The van der Waals surface area contributed by atoms with Gasteiger partial charge in [-0.1, -0.05) is 13.3 Å². The van der Waals surface area contributed by atoms with E-state index in [0.29, 0.717) is 0 Å². The predicted octanol–water partition coefficient (Wildman–Crippen LogP) is 1.76. The van der Waals surface area contributed by atoms with E-state index in [1.54, 1.807) is 11.7 Å². The van der Waals surface area contributed by atoms with Crippen LogP contribution in [0, 0.1) is 0 Å². The number of carbonyl (C=O) groups is 1. The van der Waals surface area contributed by atoms with Crippen LogP contribution in [-0.4, -0.2) is 20.9 Å². The smallest absolute Gasteiger partial charge is 0.309 e. The molecule has 1 N–H and O–H groups in total. The van der Waals surface area contributed by atoms with Crippen LogP contribution < -0.4 is 0 Å². The molecule has 1 heterocycles. The number of aliphatic carboxylic acids is 1. The second-order valence-electron chi connectivity index (χ2n) is 3.15. The Balaban J connectivity index is 2.98. The number of aromatic nitrogens is 2. The maximum absolute atomic E-state index is 10.6. The number of aryl methyl sites for hydroxylation is 2. The molecule has 0 aliphatic heterocycles. The van der Waals surface area contributed by atoms with Gasteiger partial charge in [0.25, 0.3) is 0 Å². The number of carboxylic acids is 1. The predicted molar refractivity (Wildman–Crippen MR) is 56.2 cm³/mol. The molecule has 0 saturated carbocycles. The van der Waals surface area contributed by atoms with Gasteiger partial charge in [-0.25, -0.2) is 0 Å². The third kappa shape index (κ3) is 2.35. The van der Waals surface area contributed by atoms with Gasteiger partial charge < -0.3 is 5.11 Å². The van der Waals surface area contributed by atoms with Crippen LogP contribution in [0.4, 0.5) is 0 Å².